The van der Waals surface area contributed by atoms with Crippen LogP contribution in [0.1, 0.15) is 81.1 Å². The topological polar surface area (TPSA) is 58.9 Å². The van der Waals surface area contributed by atoms with Crippen molar-refractivity contribution >= 4 is 0 Å². The largest absolute Gasteiger partial charge is 0.252 e. The van der Waals surface area contributed by atoms with Crippen LogP contribution >= 0.6 is 0 Å². The van der Waals surface area contributed by atoms with Gasteiger partial charge in [0.05, 0.1) is 11.7 Å². The van der Waals surface area contributed by atoms with Crippen LogP contribution < -0.4 is 0 Å². The van der Waals surface area contributed by atoms with Gasteiger partial charge in [0.15, 0.2) is 0 Å². The summed E-state index contributed by atoms with van der Waals surface area (Å²) in [6.45, 7) is 16.7. The van der Waals surface area contributed by atoms with Crippen LogP contribution in [0.5, 0.6) is 0 Å². The molecule has 0 aliphatic heterocycles. The van der Waals surface area contributed by atoms with Crippen LogP contribution in [-0.2, 0) is 9.78 Å². The summed E-state index contributed by atoms with van der Waals surface area (Å²) in [4.78, 5) is 8.85. The lowest BCUT2D eigenvalue weighted by Crippen LogP contribution is -2.33. The Morgan fingerprint density at radius 1 is 1.05 bits per heavy atom. The van der Waals surface area contributed by atoms with Crippen LogP contribution in [0.25, 0.3) is 0 Å². The molecule has 0 aromatic carbocycles. The third kappa shape index (κ3) is 9.09. The minimum absolute atomic E-state index is 0.0775. The zero-order valence-electron chi connectivity index (χ0n) is 15.8. The molecule has 2 N–H and O–H groups in total. The Kier molecular flexibility index (Phi) is 9.15. The van der Waals surface area contributed by atoms with Gasteiger partial charge >= 0.3 is 0 Å². The smallest absolute Gasteiger partial charge is 0.0982 e. The highest BCUT2D eigenvalue weighted by atomic mass is 17.1. The Hall–Kier alpha value is -0.160. The van der Waals surface area contributed by atoms with Crippen LogP contribution in [0.4, 0.5) is 0 Å². The van der Waals surface area contributed by atoms with Gasteiger partial charge in [-0.1, -0.05) is 48.0 Å². The van der Waals surface area contributed by atoms with Crippen molar-refractivity contribution in [3.63, 3.8) is 0 Å². The van der Waals surface area contributed by atoms with Gasteiger partial charge in [-0.25, -0.2) is 9.78 Å². The fourth-order valence-electron chi connectivity index (χ4n) is 3.55. The SMILES string of the molecule is CC(C)(C)CC(C)(C)OO.CC1CCC(C(C)C)C(OO)C1. The van der Waals surface area contributed by atoms with E-state index in [1.54, 1.807) is 0 Å². The van der Waals surface area contributed by atoms with E-state index in [1.165, 1.54) is 12.8 Å². The fourth-order valence-corrected chi connectivity index (χ4v) is 3.55. The summed E-state index contributed by atoms with van der Waals surface area (Å²) in [5.74, 6) is 1.87. The summed E-state index contributed by atoms with van der Waals surface area (Å²) in [5, 5.41) is 17.2. The Morgan fingerprint density at radius 3 is 1.91 bits per heavy atom. The van der Waals surface area contributed by atoms with Crippen LogP contribution in [0.2, 0.25) is 0 Å². The number of rotatable bonds is 4. The third-order valence-corrected chi connectivity index (χ3v) is 4.30. The van der Waals surface area contributed by atoms with Crippen LogP contribution in [0.15, 0.2) is 0 Å². The van der Waals surface area contributed by atoms with E-state index in [4.69, 9.17) is 10.5 Å². The first-order chi connectivity index (χ1) is 9.91. The molecule has 0 bridgehead atoms. The molecule has 0 heterocycles. The van der Waals surface area contributed by atoms with E-state index < -0.39 is 5.60 Å². The lowest BCUT2D eigenvalue weighted by atomic mass is 9.75. The minimum atomic E-state index is -0.418. The van der Waals surface area contributed by atoms with E-state index in [9.17, 15) is 0 Å². The summed E-state index contributed by atoms with van der Waals surface area (Å²) in [7, 11) is 0. The molecule has 1 fully saturated rings. The quantitative estimate of drug-likeness (QED) is 0.521. The van der Waals surface area contributed by atoms with Gasteiger partial charge < -0.3 is 0 Å². The van der Waals surface area contributed by atoms with Gasteiger partial charge in [0.25, 0.3) is 0 Å². The average Bonchev–Trinajstić information content (AvgIpc) is 2.36. The van der Waals surface area contributed by atoms with E-state index in [2.05, 4.69) is 51.3 Å². The maximum Gasteiger partial charge on any atom is 0.0982 e. The Balaban J connectivity index is 0.000000409. The van der Waals surface area contributed by atoms with Crippen molar-refractivity contribution in [3.8, 4) is 0 Å². The van der Waals surface area contributed by atoms with Crippen LogP contribution in [0, 0.1) is 23.2 Å². The van der Waals surface area contributed by atoms with Crippen molar-refractivity contribution in [2.24, 2.45) is 23.2 Å². The highest BCUT2D eigenvalue weighted by Gasteiger charge is 2.31. The molecule has 0 aromatic heterocycles. The van der Waals surface area contributed by atoms with Crippen molar-refractivity contribution in [2.45, 2.75) is 92.8 Å². The second-order valence-corrected chi connectivity index (χ2v) is 9.06. The van der Waals surface area contributed by atoms with Crippen molar-refractivity contribution in [1.29, 1.82) is 0 Å². The molecular weight excluding hydrogens is 280 g/mol. The summed E-state index contributed by atoms with van der Waals surface area (Å²) in [6.07, 6.45) is 4.41. The maximum absolute atomic E-state index is 8.73. The molecular formula is C18H38O4. The van der Waals surface area contributed by atoms with Gasteiger partial charge in [-0.15, -0.1) is 0 Å². The highest BCUT2D eigenvalue weighted by molar-refractivity contribution is 4.80. The van der Waals surface area contributed by atoms with Gasteiger partial charge in [-0.05, 0) is 56.3 Å². The second-order valence-electron chi connectivity index (χ2n) is 9.06. The normalized spacial score (nSPS) is 26.6. The maximum atomic E-state index is 8.73. The monoisotopic (exact) mass is 318 g/mol. The molecule has 0 radical (unpaired) electrons. The molecule has 4 nitrogen and oxygen atoms in total. The molecule has 22 heavy (non-hydrogen) atoms. The molecule has 134 valence electrons. The first-order valence-electron chi connectivity index (χ1n) is 8.54. The van der Waals surface area contributed by atoms with E-state index in [0.29, 0.717) is 17.8 Å². The predicted molar refractivity (Wildman–Crippen MR) is 90.7 cm³/mol. The molecule has 3 atom stereocenters. The third-order valence-electron chi connectivity index (χ3n) is 4.30. The van der Waals surface area contributed by atoms with Gasteiger partial charge in [0.1, 0.15) is 0 Å². The minimum Gasteiger partial charge on any atom is -0.252 e. The van der Waals surface area contributed by atoms with E-state index in [-0.39, 0.29) is 11.5 Å². The standard InChI is InChI=1S/C10H20O2.C8H18O2/c1-7(2)9-5-4-8(3)6-10(9)12-11;1-7(2,3)6-8(4,5)10-9/h7-11H,4-6H2,1-3H3;9H,6H2,1-5H3. The summed E-state index contributed by atoms with van der Waals surface area (Å²) >= 11 is 0. The average molecular weight is 318 g/mol. The summed E-state index contributed by atoms with van der Waals surface area (Å²) in [5.41, 5.74) is -0.218. The zero-order chi connectivity index (χ0) is 17.6. The van der Waals surface area contributed by atoms with E-state index >= 15 is 0 Å². The van der Waals surface area contributed by atoms with Gasteiger partial charge in [0.2, 0.25) is 0 Å². The van der Waals surface area contributed by atoms with Crippen molar-refractivity contribution < 1.29 is 20.3 Å². The number of hydrogen-bond acceptors (Lipinski definition) is 4. The molecule has 1 aliphatic carbocycles. The van der Waals surface area contributed by atoms with Gasteiger partial charge in [0, 0.05) is 0 Å². The van der Waals surface area contributed by atoms with Crippen molar-refractivity contribution in [1.82, 2.24) is 0 Å². The van der Waals surface area contributed by atoms with E-state index in [0.717, 1.165) is 12.8 Å². The highest BCUT2D eigenvalue weighted by Crippen LogP contribution is 2.34. The molecule has 1 saturated carbocycles. The van der Waals surface area contributed by atoms with Gasteiger partial charge in [-0.2, -0.15) is 0 Å². The van der Waals surface area contributed by atoms with Crippen molar-refractivity contribution in [3.05, 3.63) is 0 Å². The second kappa shape index (κ2) is 9.21. The Labute approximate surface area is 137 Å². The lowest BCUT2D eigenvalue weighted by Gasteiger charge is -2.34. The zero-order valence-corrected chi connectivity index (χ0v) is 15.8. The van der Waals surface area contributed by atoms with Crippen LogP contribution in [-0.4, -0.2) is 22.2 Å². The summed E-state index contributed by atoms with van der Waals surface area (Å²) < 4.78 is 0. The Morgan fingerprint density at radius 2 is 1.59 bits per heavy atom. The molecule has 0 saturated heterocycles. The lowest BCUT2D eigenvalue weighted by molar-refractivity contribution is -0.318. The molecule has 3 unspecified atom stereocenters. The molecule has 0 amide bonds. The molecule has 0 spiro atoms. The first kappa shape index (κ1) is 21.8. The molecule has 1 aliphatic rings. The summed E-state index contributed by atoms with van der Waals surface area (Å²) in [6, 6.07) is 0. The molecule has 0 aromatic rings. The van der Waals surface area contributed by atoms with Crippen LogP contribution in [0.3, 0.4) is 0 Å². The molecule has 4 heteroatoms. The Bertz CT molecular complexity index is 294. The molecule has 1 rings (SSSR count). The number of hydrogen-bond donors (Lipinski definition) is 2. The fraction of sp³-hybridized carbons (Fsp3) is 1.00. The predicted octanol–water partition coefficient (Wildman–Crippen LogP) is 5.63. The van der Waals surface area contributed by atoms with Crippen molar-refractivity contribution in [2.75, 3.05) is 0 Å². The van der Waals surface area contributed by atoms with Gasteiger partial charge in [-0.3, -0.25) is 10.5 Å². The first-order valence-corrected chi connectivity index (χ1v) is 8.54. The van der Waals surface area contributed by atoms with E-state index in [1.807, 2.05) is 13.8 Å².